The Kier molecular flexibility index (Phi) is 5.87. The predicted octanol–water partition coefficient (Wildman–Crippen LogP) is 5.57. The van der Waals surface area contributed by atoms with Crippen LogP contribution in [0.15, 0.2) is 53.1 Å². The number of rotatable bonds is 7. The Morgan fingerprint density at radius 2 is 1.88 bits per heavy atom. The number of aromatic nitrogens is 2. The number of halogens is 1. The first-order valence-electron chi connectivity index (χ1n) is 8.59. The number of nitrogens with one attached hydrogen (secondary N) is 1. The van der Waals surface area contributed by atoms with Crippen LogP contribution >= 0.6 is 15.9 Å². The molecule has 3 aromatic rings. The van der Waals surface area contributed by atoms with Gasteiger partial charge >= 0.3 is 0 Å². The average Bonchev–Trinajstić information content (AvgIpc) is 2.65. The van der Waals surface area contributed by atoms with Crippen molar-refractivity contribution in [3.63, 3.8) is 0 Å². The highest BCUT2D eigenvalue weighted by Crippen LogP contribution is 2.30. The zero-order valence-corrected chi connectivity index (χ0v) is 16.1. The van der Waals surface area contributed by atoms with Crippen LogP contribution in [0, 0.1) is 0 Å². The van der Waals surface area contributed by atoms with Crippen molar-refractivity contribution in [2.24, 2.45) is 0 Å². The molecule has 0 fully saturated rings. The summed E-state index contributed by atoms with van der Waals surface area (Å²) in [6.07, 6.45) is 3.94. The summed E-state index contributed by atoms with van der Waals surface area (Å²) >= 11 is 3.58. The summed E-state index contributed by atoms with van der Waals surface area (Å²) in [5, 5.41) is 4.37. The molecule has 0 amide bonds. The van der Waals surface area contributed by atoms with Crippen LogP contribution in [-0.2, 0) is 6.61 Å². The first-order chi connectivity index (χ1) is 12.2. The fourth-order valence-electron chi connectivity index (χ4n) is 2.62. The molecule has 0 saturated carbocycles. The lowest BCUT2D eigenvalue weighted by Gasteiger charge is -2.15. The summed E-state index contributed by atoms with van der Waals surface area (Å²) in [5.41, 5.74) is 2.00. The van der Waals surface area contributed by atoms with Gasteiger partial charge < -0.3 is 10.1 Å². The molecule has 0 aliphatic carbocycles. The van der Waals surface area contributed by atoms with E-state index in [-0.39, 0.29) is 0 Å². The minimum Gasteiger partial charge on any atom is -0.488 e. The van der Waals surface area contributed by atoms with E-state index in [1.54, 1.807) is 0 Å². The second-order valence-electron chi connectivity index (χ2n) is 5.97. The van der Waals surface area contributed by atoms with E-state index >= 15 is 0 Å². The van der Waals surface area contributed by atoms with E-state index in [4.69, 9.17) is 4.74 Å². The molecular formula is C20H22BrN3O. The minimum absolute atomic E-state index is 0.390. The van der Waals surface area contributed by atoms with Crippen molar-refractivity contribution < 1.29 is 4.74 Å². The minimum atomic E-state index is 0.390. The smallest absolute Gasteiger partial charge is 0.223 e. The van der Waals surface area contributed by atoms with E-state index in [1.807, 2.05) is 36.5 Å². The van der Waals surface area contributed by atoms with Crippen LogP contribution in [0.1, 0.15) is 32.3 Å². The Balaban J connectivity index is 1.82. The standard InChI is InChI=1S/C20H22BrN3O/c1-3-16(4-2)23-20-22-12-15-10-17(21)19(11-18(15)24-20)25-13-14-8-6-5-7-9-14/h5-12,16H,3-4,13H2,1-2H3,(H,22,23,24). The maximum Gasteiger partial charge on any atom is 0.223 e. The Hall–Kier alpha value is -2.14. The summed E-state index contributed by atoms with van der Waals surface area (Å²) in [7, 11) is 0. The van der Waals surface area contributed by atoms with Crippen LogP contribution in [0.3, 0.4) is 0 Å². The summed E-state index contributed by atoms with van der Waals surface area (Å²) in [4.78, 5) is 9.07. The Labute approximate surface area is 156 Å². The largest absolute Gasteiger partial charge is 0.488 e. The molecule has 0 aliphatic rings. The summed E-state index contributed by atoms with van der Waals surface area (Å²) in [6.45, 7) is 4.85. The highest BCUT2D eigenvalue weighted by Gasteiger charge is 2.09. The second-order valence-corrected chi connectivity index (χ2v) is 6.82. The lowest BCUT2D eigenvalue weighted by molar-refractivity contribution is 0.304. The molecular weight excluding hydrogens is 378 g/mol. The summed E-state index contributed by atoms with van der Waals surface area (Å²) in [6, 6.07) is 14.5. The number of benzene rings is 2. The third kappa shape index (κ3) is 4.48. The van der Waals surface area contributed by atoms with Gasteiger partial charge in [-0.15, -0.1) is 0 Å². The van der Waals surface area contributed by atoms with E-state index in [2.05, 4.69) is 57.2 Å². The number of ether oxygens (including phenoxy) is 1. The maximum atomic E-state index is 5.97. The van der Waals surface area contributed by atoms with E-state index in [1.165, 1.54) is 0 Å². The molecule has 0 spiro atoms. The van der Waals surface area contributed by atoms with Gasteiger partial charge in [-0.1, -0.05) is 44.2 Å². The third-order valence-corrected chi connectivity index (χ3v) is 4.81. The van der Waals surface area contributed by atoms with Crippen LogP contribution in [0.5, 0.6) is 5.75 Å². The van der Waals surface area contributed by atoms with Gasteiger partial charge in [0, 0.05) is 23.7 Å². The number of fused-ring (bicyclic) bond motifs is 1. The number of hydrogen-bond donors (Lipinski definition) is 1. The van der Waals surface area contributed by atoms with Crippen LogP contribution in [0.4, 0.5) is 5.95 Å². The topological polar surface area (TPSA) is 47.0 Å². The van der Waals surface area contributed by atoms with Crippen LogP contribution in [0.2, 0.25) is 0 Å². The van der Waals surface area contributed by atoms with Crippen molar-refractivity contribution in [1.82, 2.24) is 9.97 Å². The zero-order valence-electron chi connectivity index (χ0n) is 14.5. The molecule has 4 nitrogen and oxygen atoms in total. The fourth-order valence-corrected chi connectivity index (χ4v) is 3.10. The van der Waals surface area contributed by atoms with Gasteiger partial charge in [-0.3, -0.25) is 0 Å². The number of nitrogens with zero attached hydrogens (tertiary/aromatic N) is 2. The molecule has 0 atom stereocenters. The Bertz CT molecular complexity index is 835. The molecule has 25 heavy (non-hydrogen) atoms. The molecule has 0 bridgehead atoms. The number of anilines is 1. The molecule has 1 heterocycles. The lowest BCUT2D eigenvalue weighted by atomic mass is 10.2. The zero-order chi connectivity index (χ0) is 17.6. The molecule has 0 unspecified atom stereocenters. The van der Waals surface area contributed by atoms with E-state index in [0.717, 1.165) is 39.5 Å². The molecule has 0 aliphatic heterocycles. The first kappa shape index (κ1) is 17.7. The van der Waals surface area contributed by atoms with Crippen molar-refractivity contribution in [3.8, 4) is 5.75 Å². The lowest BCUT2D eigenvalue weighted by Crippen LogP contribution is -2.18. The van der Waals surface area contributed by atoms with E-state index in [0.29, 0.717) is 18.6 Å². The second kappa shape index (κ2) is 8.30. The van der Waals surface area contributed by atoms with Gasteiger partial charge in [-0.05, 0) is 40.4 Å². The average molecular weight is 400 g/mol. The molecule has 1 N–H and O–H groups in total. The Morgan fingerprint density at radius 1 is 1.12 bits per heavy atom. The van der Waals surface area contributed by atoms with Gasteiger partial charge in [-0.2, -0.15) is 0 Å². The normalized spacial score (nSPS) is 11.0. The fraction of sp³-hybridized carbons (Fsp3) is 0.300. The molecule has 1 aromatic heterocycles. The molecule has 3 rings (SSSR count). The van der Waals surface area contributed by atoms with Crippen LogP contribution in [0.25, 0.3) is 10.9 Å². The molecule has 0 radical (unpaired) electrons. The first-order valence-corrected chi connectivity index (χ1v) is 9.38. The van der Waals surface area contributed by atoms with Gasteiger partial charge in [0.15, 0.2) is 0 Å². The Morgan fingerprint density at radius 3 is 2.60 bits per heavy atom. The highest BCUT2D eigenvalue weighted by atomic mass is 79.9. The molecule has 5 heteroatoms. The van der Waals surface area contributed by atoms with Gasteiger partial charge in [0.1, 0.15) is 12.4 Å². The molecule has 2 aromatic carbocycles. The van der Waals surface area contributed by atoms with Gasteiger partial charge in [0.25, 0.3) is 0 Å². The van der Waals surface area contributed by atoms with Crippen LogP contribution in [-0.4, -0.2) is 16.0 Å². The van der Waals surface area contributed by atoms with E-state index < -0.39 is 0 Å². The SMILES string of the molecule is CCC(CC)Nc1ncc2cc(Br)c(OCc3ccccc3)cc2n1. The third-order valence-electron chi connectivity index (χ3n) is 4.19. The summed E-state index contributed by atoms with van der Waals surface area (Å²) in [5.74, 6) is 1.45. The molecule has 0 saturated heterocycles. The van der Waals surface area contributed by atoms with Crippen LogP contribution < -0.4 is 10.1 Å². The van der Waals surface area contributed by atoms with Crippen molar-refractivity contribution in [2.75, 3.05) is 5.32 Å². The summed E-state index contributed by atoms with van der Waals surface area (Å²) < 4.78 is 6.87. The highest BCUT2D eigenvalue weighted by molar-refractivity contribution is 9.10. The number of hydrogen-bond acceptors (Lipinski definition) is 4. The monoisotopic (exact) mass is 399 g/mol. The maximum absolute atomic E-state index is 5.97. The van der Waals surface area contributed by atoms with Gasteiger partial charge in [0.05, 0.1) is 9.99 Å². The van der Waals surface area contributed by atoms with Crippen molar-refractivity contribution in [3.05, 3.63) is 58.7 Å². The van der Waals surface area contributed by atoms with Gasteiger partial charge in [0.2, 0.25) is 5.95 Å². The van der Waals surface area contributed by atoms with Crippen molar-refractivity contribution in [1.29, 1.82) is 0 Å². The van der Waals surface area contributed by atoms with Crippen molar-refractivity contribution >= 4 is 32.8 Å². The quantitative estimate of drug-likeness (QED) is 0.563. The predicted molar refractivity (Wildman–Crippen MR) is 106 cm³/mol. The molecule has 130 valence electrons. The van der Waals surface area contributed by atoms with E-state index in [9.17, 15) is 0 Å². The van der Waals surface area contributed by atoms with Gasteiger partial charge in [-0.25, -0.2) is 9.97 Å². The van der Waals surface area contributed by atoms with Crippen molar-refractivity contribution in [2.45, 2.75) is 39.3 Å².